The molecule has 0 radical (unpaired) electrons. The van der Waals surface area contributed by atoms with Gasteiger partial charge in [0, 0.05) is 36.8 Å². The van der Waals surface area contributed by atoms with Gasteiger partial charge in [-0.3, -0.25) is 4.90 Å². The zero-order chi connectivity index (χ0) is 13.7. The molecule has 0 spiro atoms. The second-order valence-electron chi connectivity index (χ2n) is 4.91. The van der Waals surface area contributed by atoms with Crippen LogP contribution in [0.3, 0.4) is 0 Å². The average molecular weight is 259 g/mol. The lowest BCUT2D eigenvalue weighted by molar-refractivity contribution is 0.253. The average Bonchev–Trinajstić information content (AvgIpc) is 3.22. The standard InChI is InChI=1S/C15H21N3O/c1-2-19-15-7-4-13(17)10-12(15)11-18(9-3-8-16)14-5-6-14/h4,7,10,14H,2-3,5-6,9,11,17H2,1H3. The highest BCUT2D eigenvalue weighted by Gasteiger charge is 2.29. The largest absolute Gasteiger partial charge is 0.494 e. The number of rotatable bonds is 7. The van der Waals surface area contributed by atoms with E-state index in [1.807, 2.05) is 25.1 Å². The predicted octanol–water partition coefficient (Wildman–Crippen LogP) is 2.55. The fourth-order valence-electron chi connectivity index (χ4n) is 2.26. The van der Waals surface area contributed by atoms with E-state index in [-0.39, 0.29) is 0 Å². The van der Waals surface area contributed by atoms with Crippen molar-refractivity contribution in [3.05, 3.63) is 23.8 Å². The predicted molar refractivity (Wildman–Crippen MR) is 75.7 cm³/mol. The first-order valence-corrected chi connectivity index (χ1v) is 6.86. The quantitative estimate of drug-likeness (QED) is 0.764. The lowest BCUT2D eigenvalue weighted by Crippen LogP contribution is -2.26. The Kier molecular flexibility index (Phi) is 4.64. The molecule has 0 aromatic heterocycles. The van der Waals surface area contributed by atoms with E-state index in [0.717, 1.165) is 30.1 Å². The molecule has 0 atom stereocenters. The Morgan fingerprint density at radius 2 is 2.26 bits per heavy atom. The molecule has 1 aromatic carbocycles. The molecule has 1 aliphatic carbocycles. The highest BCUT2D eigenvalue weighted by molar-refractivity contribution is 5.47. The maximum atomic E-state index is 8.74. The van der Waals surface area contributed by atoms with Crippen molar-refractivity contribution in [2.24, 2.45) is 0 Å². The molecule has 0 saturated heterocycles. The first-order chi connectivity index (χ1) is 9.24. The number of nitriles is 1. The number of nitrogens with zero attached hydrogens (tertiary/aromatic N) is 2. The third kappa shape index (κ3) is 3.87. The van der Waals surface area contributed by atoms with E-state index >= 15 is 0 Å². The van der Waals surface area contributed by atoms with Gasteiger partial charge in [0.25, 0.3) is 0 Å². The summed E-state index contributed by atoms with van der Waals surface area (Å²) in [5, 5.41) is 8.74. The number of ether oxygens (including phenoxy) is 1. The van der Waals surface area contributed by atoms with Crippen LogP contribution >= 0.6 is 0 Å². The topological polar surface area (TPSA) is 62.3 Å². The van der Waals surface area contributed by atoms with Crippen LogP contribution in [0.5, 0.6) is 5.75 Å². The van der Waals surface area contributed by atoms with Gasteiger partial charge in [0.05, 0.1) is 12.7 Å². The number of nitrogen functional groups attached to an aromatic ring is 1. The maximum absolute atomic E-state index is 8.74. The number of benzene rings is 1. The van der Waals surface area contributed by atoms with E-state index in [0.29, 0.717) is 19.1 Å². The van der Waals surface area contributed by atoms with Crippen molar-refractivity contribution in [1.82, 2.24) is 4.90 Å². The second kappa shape index (κ2) is 6.44. The monoisotopic (exact) mass is 259 g/mol. The van der Waals surface area contributed by atoms with Gasteiger partial charge in [0.15, 0.2) is 0 Å². The van der Waals surface area contributed by atoms with E-state index in [9.17, 15) is 0 Å². The summed E-state index contributed by atoms with van der Waals surface area (Å²) in [6.07, 6.45) is 3.04. The molecule has 0 heterocycles. The highest BCUT2D eigenvalue weighted by Crippen LogP contribution is 2.31. The Bertz CT molecular complexity index is 463. The van der Waals surface area contributed by atoms with Crippen molar-refractivity contribution in [3.63, 3.8) is 0 Å². The summed E-state index contributed by atoms with van der Waals surface area (Å²) in [6, 6.07) is 8.63. The first kappa shape index (κ1) is 13.7. The van der Waals surface area contributed by atoms with Gasteiger partial charge >= 0.3 is 0 Å². The fourth-order valence-corrected chi connectivity index (χ4v) is 2.26. The third-order valence-electron chi connectivity index (χ3n) is 3.33. The van der Waals surface area contributed by atoms with Crippen LogP contribution < -0.4 is 10.5 Å². The summed E-state index contributed by atoms with van der Waals surface area (Å²) in [4.78, 5) is 2.36. The zero-order valence-electron chi connectivity index (χ0n) is 11.4. The van der Waals surface area contributed by atoms with Crippen LogP contribution in [-0.4, -0.2) is 24.1 Å². The van der Waals surface area contributed by atoms with Gasteiger partial charge in [-0.25, -0.2) is 0 Å². The maximum Gasteiger partial charge on any atom is 0.123 e. The van der Waals surface area contributed by atoms with Gasteiger partial charge in [-0.1, -0.05) is 0 Å². The minimum absolute atomic E-state index is 0.572. The van der Waals surface area contributed by atoms with Crippen molar-refractivity contribution >= 4 is 5.69 Å². The Morgan fingerprint density at radius 3 is 2.89 bits per heavy atom. The van der Waals surface area contributed by atoms with Crippen LogP contribution in [0.1, 0.15) is 31.7 Å². The van der Waals surface area contributed by atoms with Gasteiger partial charge in [0.1, 0.15) is 5.75 Å². The van der Waals surface area contributed by atoms with Crippen LogP contribution in [0.25, 0.3) is 0 Å². The fraction of sp³-hybridized carbons (Fsp3) is 0.533. The summed E-state index contributed by atoms with van der Waals surface area (Å²) < 4.78 is 5.65. The zero-order valence-corrected chi connectivity index (χ0v) is 11.4. The van der Waals surface area contributed by atoms with E-state index in [2.05, 4.69) is 11.0 Å². The minimum Gasteiger partial charge on any atom is -0.494 e. The van der Waals surface area contributed by atoms with Crippen molar-refractivity contribution in [3.8, 4) is 11.8 Å². The highest BCUT2D eigenvalue weighted by atomic mass is 16.5. The lowest BCUT2D eigenvalue weighted by Gasteiger charge is -2.22. The van der Waals surface area contributed by atoms with E-state index in [4.69, 9.17) is 15.7 Å². The number of nitrogens with two attached hydrogens (primary N) is 1. The minimum atomic E-state index is 0.572. The molecule has 0 bridgehead atoms. The Morgan fingerprint density at radius 1 is 1.47 bits per heavy atom. The molecular weight excluding hydrogens is 238 g/mol. The van der Waals surface area contributed by atoms with Crippen molar-refractivity contribution in [1.29, 1.82) is 5.26 Å². The van der Waals surface area contributed by atoms with Crippen LogP contribution in [0.4, 0.5) is 5.69 Å². The molecule has 4 nitrogen and oxygen atoms in total. The summed E-state index contributed by atoms with van der Waals surface area (Å²) in [7, 11) is 0. The first-order valence-electron chi connectivity index (χ1n) is 6.86. The lowest BCUT2D eigenvalue weighted by atomic mass is 10.1. The molecule has 19 heavy (non-hydrogen) atoms. The van der Waals surface area contributed by atoms with Gasteiger partial charge < -0.3 is 10.5 Å². The normalized spacial score (nSPS) is 14.4. The molecule has 1 fully saturated rings. The molecule has 0 amide bonds. The molecule has 4 heteroatoms. The van der Waals surface area contributed by atoms with Gasteiger partial charge in [-0.15, -0.1) is 0 Å². The summed E-state index contributed by atoms with van der Waals surface area (Å²) in [5.74, 6) is 0.902. The number of hydrogen-bond acceptors (Lipinski definition) is 4. The summed E-state index contributed by atoms with van der Waals surface area (Å²) in [6.45, 7) is 4.27. The van der Waals surface area contributed by atoms with Gasteiger partial charge in [-0.2, -0.15) is 5.26 Å². The van der Waals surface area contributed by atoms with E-state index in [1.54, 1.807) is 0 Å². The van der Waals surface area contributed by atoms with Crippen molar-refractivity contribution in [2.45, 2.75) is 38.8 Å². The molecule has 2 rings (SSSR count). The molecular formula is C15H21N3O. The van der Waals surface area contributed by atoms with Crippen LogP contribution in [0, 0.1) is 11.3 Å². The third-order valence-corrected chi connectivity index (χ3v) is 3.33. The Balaban J connectivity index is 2.10. The summed E-state index contributed by atoms with van der Waals surface area (Å²) in [5.41, 5.74) is 7.74. The molecule has 0 unspecified atom stereocenters. The van der Waals surface area contributed by atoms with Gasteiger partial charge in [0.2, 0.25) is 0 Å². The number of anilines is 1. The van der Waals surface area contributed by atoms with E-state index in [1.165, 1.54) is 12.8 Å². The van der Waals surface area contributed by atoms with Crippen molar-refractivity contribution < 1.29 is 4.74 Å². The van der Waals surface area contributed by atoms with Crippen LogP contribution in [0.15, 0.2) is 18.2 Å². The molecule has 1 aliphatic rings. The van der Waals surface area contributed by atoms with Crippen LogP contribution in [-0.2, 0) is 6.54 Å². The van der Waals surface area contributed by atoms with E-state index < -0.39 is 0 Å². The van der Waals surface area contributed by atoms with Gasteiger partial charge in [-0.05, 0) is 38.0 Å². The molecule has 0 aliphatic heterocycles. The molecule has 2 N–H and O–H groups in total. The Labute approximate surface area is 114 Å². The SMILES string of the molecule is CCOc1ccc(N)cc1CN(CCC#N)C1CC1. The summed E-state index contributed by atoms with van der Waals surface area (Å²) >= 11 is 0. The van der Waals surface area contributed by atoms with Crippen molar-refractivity contribution in [2.75, 3.05) is 18.9 Å². The molecule has 1 aromatic rings. The Hall–Kier alpha value is -1.73. The van der Waals surface area contributed by atoms with Crippen LogP contribution in [0.2, 0.25) is 0 Å². The smallest absolute Gasteiger partial charge is 0.123 e. The molecule has 1 saturated carbocycles. The second-order valence-corrected chi connectivity index (χ2v) is 4.91. The molecule has 102 valence electrons. The number of hydrogen-bond donors (Lipinski definition) is 1.